The van der Waals surface area contributed by atoms with Crippen LogP contribution >= 0.6 is 35.7 Å². The first-order valence-corrected chi connectivity index (χ1v) is 8.07. The third kappa shape index (κ3) is 2.41. The van der Waals surface area contributed by atoms with Crippen LogP contribution in [0.15, 0.2) is 40.3 Å². The van der Waals surface area contributed by atoms with Gasteiger partial charge in [-0.2, -0.15) is 0 Å². The minimum absolute atomic E-state index is 0.0927. The smallest absolute Gasteiger partial charge is 0.282 e. The zero-order valence-electron chi connectivity index (χ0n) is 9.97. The zero-order chi connectivity index (χ0) is 13.1. The first kappa shape index (κ1) is 13.5. The van der Waals surface area contributed by atoms with E-state index in [1.165, 1.54) is 4.90 Å². The van der Waals surface area contributed by atoms with Gasteiger partial charge in [-0.3, -0.25) is 9.69 Å². The molecule has 0 aliphatic carbocycles. The molecule has 0 spiro atoms. The predicted octanol–water partition coefficient (Wildman–Crippen LogP) is 2.80. The van der Waals surface area contributed by atoms with Gasteiger partial charge in [-0.15, -0.1) is 23.5 Å². The van der Waals surface area contributed by atoms with Gasteiger partial charge in [0.1, 0.15) is 5.70 Å². The molecule has 1 aromatic carbocycles. The third-order valence-corrected chi connectivity index (χ3v) is 4.88. The van der Waals surface area contributed by atoms with Gasteiger partial charge in [0.25, 0.3) is 5.91 Å². The molecular formula is C12H12N2OS3. The van der Waals surface area contributed by atoms with Gasteiger partial charge >= 0.3 is 0 Å². The number of thiocarbonyl (C=S) groups is 1. The summed E-state index contributed by atoms with van der Waals surface area (Å²) in [5.74, 6) is -0.0927. The number of para-hydroxylation sites is 1. The first-order valence-electron chi connectivity index (χ1n) is 5.21. The number of rotatable bonds is 3. The van der Waals surface area contributed by atoms with Gasteiger partial charge in [-0.25, -0.2) is 0 Å². The minimum atomic E-state index is -0.0927. The van der Waals surface area contributed by atoms with Crippen molar-refractivity contribution in [3.8, 4) is 0 Å². The van der Waals surface area contributed by atoms with Crippen LogP contribution in [0.25, 0.3) is 0 Å². The van der Waals surface area contributed by atoms with E-state index in [4.69, 9.17) is 12.2 Å². The third-order valence-electron chi connectivity index (χ3n) is 2.44. The summed E-state index contributed by atoms with van der Waals surface area (Å²) in [4.78, 5) is 13.9. The molecule has 1 aromatic rings. The summed E-state index contributed by atoms with van der Waals surface area (Å²) in [5.41, 5.74) is 1.36. The van der Waals surface area contributed by atoms with Crippen molar-refractivity contribution in [2.45, 2.75) is 0 Å². The zero-order valence-corrected chi connectivity index (χ0v) is 12.4. The number of carbonyl (C=O) groups excluding carboxylic acids is 1. The van der Waals surface area contributed by atoms with Gasteiger partial charge in [-0.05, 0) is 36.9 Å². The SMILES string of the molecule is CSC(SC)=C1NC(=S)N(c2ccccc2)C1=O. The van der Waals surface area contributed by atoms with Crippen molar-refractivity contribution in [1.29, 1.82) is 0 Å². The standard InChI is InChI=1S/C12H12N2OS3/c1-17-11(18-2)9-10(15)14(12(16)13-9)8-6-4-3-5-7-8/h3-7H,1-2H3,(H,13,16). The summed E-state index contributed by atoms with van der Waals surface area (Å²) in [7, 11) is 0. The molecule has 18 heavy (non-hydrogen) atoms. The molecule has 0 bridgehead atoms. The van der Waals surface area contributed by atoms with E-state index in [9.17, 15) is 4.79 Å². The fourth-order valence-corrected chi connectivity index (χ4v) is 3.30. The van der Waals surface area contributed by atoms with Crippen LogP contribution in [0.4, 0.5) is 5.69 Å². The lowest BCUT2D eigenvalue weighted by Crippen LogP contribution is -2.30. The molecule has 1 N–H and O–H groups in total. The Bertz CT molecular complexity index is 507. The molecule has 1 heterocycles. The number of nitrogens with zero attached hydrogens (tertiary/aromatic N) is 1. The Kier molecular flexibility index (Phi) is 4.31. The van der Waals surface area contributed by atoms with Crippen LogP contribution in [0.2, 0.25) is 0 Å². The van der Waals surface area contributed by atoms with Crippen molar-refractivity contribution in [3.63, 3.8) is 0 Å². The van der Waals surface area contributed by atoms with Gasteiger partial charge in [-0.1, -0.05) is 18.2 Å². The molecule has 0 atom stereocenters. The van der Waals surface area contributed by atoms with E-state index in [1.807, 2.05) is 42.8 Å². The number of thioether (sulfide) groups is 2. The van der Waals surface area contributed by atoms with Crippen LogP contribution in [-0.2, 0) is 4.79 Å². The van der Waals surface area contributed by atoms with Gasteiger partial charge in [0.2, 0.25) is 0 Å². The highest BCUT2D eigenvalue weighted by molar-refractivity contribution is 8.21. The number of carbonyl (C=O) groups is 1. The molecule has 2 rings (SSSR count). The van der Waals surface area contributed by atoms with E-state index in [2.05, 4.69) is 5.32 Å². The Morgan fingerprint density at radius 3 is 2.39 bits per heavy atom. The molecule has 3 nitrogen and oxygen atoms in total. The monoisotopic (exact) mass is 296 g/mol. The average Bonchev–Trinajstić information content (AvgIpc) is 2.68. The highest BCUT2D eigenvalue weighted by Gasteiger charge is 2.33. The molecule has 6 heteroatoms. The lowest BCUT2D eigenvalue weighted by Gasteiger charge is -2.13. The molecule has 1 fully saturated rings. The normalized spacial score (nSPS) is 15.0. The second-order valence-corrected chi connectivity index (χ2v) is 5.76. The molecule has 1 aliphatic rings. The maximum absolute atomic E-state index is 12.4. The van der Waals surface area contributed by atoms with Crippen molar-refractivity contribution >= 4 is 52.4 Å². The van der Waals surface area contributed by atoms with Gasteiger partial charge < -0.3 is 5.32 Å². The van der Waals surface area contributed by atoms with Crippen molar-refractivity contribution < 1.29 is 4.79 Å². The number of hydrogen-bond donors (Lipinski definition) is 1. The second-order valence-electron chi connectivity index (χ2n) is 3.48. The molecule has 0 saturated carbocycles. The van der Waals surface area contributed by atoms with Crippen LogP contribution < -0.4 is 10.2 Å². The van der Waals surface area contributed by atoms with Crippen molar-refractivity contribution in [1.82, 2.24) is 5.32 Å². The molecule has 1 aliphatic heterocycles. The Balaban J connectivity index is 2.40. The Morgan fingerprint density at radius 1 is 1.22 bits per heavy atom. The number of hydrogen-bond acceptors (Lipinski definition) is 4. The van der Waals surface area contributed by atoms with E-state index in [0.29, 0.717) is 10.8 Å². The summed E-state index contributed by atoms with van der Waals surface area (Å²) < 4.78 is 0.945. The molecule has 0 unspecified atom stereocenters. The fraction of sp³-hybridized carbons (Fsp3) is 0.167. The summed E-state index contributed by atoms with van der Waals surface area (Å²) >= 11 is 8.32. The summed E-state index contributed by atoms with van der Waals surface area (Å²) in [6, 6.07) is 9.42. The van der Waals surface area contributed by atoms with E-state index < -0.39 is 0 Å². The van der Waals surface area contributed by atoms with Crippen LogP contribution in [0.1, 0.15) is 0 Å². The maximum atomic E-state index is 12.4. The largest absolute Gasteiger partial charge is 0.326 e. The molecule has 0 aromatic heterocycles. The van der Waals surface area contributed by atoms with Crippen molar-refractivity contribution in [2.24, 2.45) is 0 Å². The highest BCUT2D eigenvalue weighted by Crippen LogP contribution is 2.31. The van der Waals surface area contributed by atoms with E-state index >= 15 is 0 Å². The topological polar surface area (TPSA) is 32.3 Å². The quantitative estimate of drug-likeness (QED) is 0.685. The number of nitrogens with one attached hydrogen (secondary N) is 1. The second kappa shape index (κ2) is 5.77. The van der Waals surface area contributed by atoms with E-state index in [-0.39, 0.29) is 5.91 Å². The first-order chi connectivity index (χ1) is 8.69. The van der Waals surface area contributed by atoms with Crippen LogP contribution in [0.5, 0.6) is 0 Å². The van der Waals surface area contributed by atoms with Crippen LogP contribution in [0.3, 0.4) is 0 Å². The predicted molar refractivity (Wildman–Crippen MR) is 83.7 cm³/mol. The average molecular weight is 296 g/mol. The number of benzene rings is 1. The maximum Gasteiger partial charge on any atom is 0.282 e. The number of amides is 1. The van der Waals surface area contributed by atoms with Crippen LogP contribution in [0, 0.1) is 0 Å². The Morgan fingerprint density at radius 2 is 1.83 bits per heavy atom. The van der Waals surface area contributed by atoms with Crippen molar-refractivity contribution in [3.05, 3.63) is 40.3 Å². The summed E-state index contributed by atoms with van der Waals surface area (Å²) in [6.07, 6.45) is 3.89. The van der Waals surface area contributed by atoms with E-state index in [1.54, 1.807) is 23.5 Å². The van der Waals surface area contributed by atoms with E-state index in [0.717, 1.165) is 9.92 Å². The Labute approximate surface area is 120 Å². The molecule has 1 amide bonds. The van der Waals surface area contributed by atoms with Crippen LogP contribution in [-0.4, -0.2) is 23.5 Å². The van der Waals surface area contributed by atoms with Gasteiger partial charge in [0, 0.05) is 0 Å². The van der Waals surface area contributed by atoms with Gasteiger partial charge in [0.15, 0.2) is 5.11 Å². The molecule has 0 radical (unpaired) electrons. The highest BCUT2D eigenvalue weighted by atomic mass is 32.2. The Hall–Kier alpha value is -0.980. The lowest BCUT2D eigenvalue weighted by atomic mass is 10.3. The van der Waals surface area contributed by atoms with Gasteiger partial charge in [0.05, 0.1) is 9.92 Å². The number of anilines is 1. The molecule has 1 saturated heterocycles. The lowest BCUT2D eigenvalue weighted by molar-refractivity contribution is -0.113. The van der Waals surface area contributed by atoms with Crippen molar-refractivity contribution in [2.75, 3.05) is 17.4 Å². The molecular weight excluding hydrogens is 284 g/mol. The summed E-state index contributed by atoms with van der Waals surface area (Å²) in [6.45, 7) is 0. The summed E-state index contributed by atoms with van der Waals surface area (Å²) in [5, 5.41) is 3.43. The minimum Gasteiger partial charge on any atom is -0.326 e. The fourth-order valence-electron chi connectivity index (χ4n) is 1.66. The molecule has 94 valence electrons.